The Kier molecular flexibility index (Phi) is 16.2. The van der Waals surface area contributed by atoms with Gasteiger partial charge in [0, 0.05) is 99.3 Å². The Morgan fingerprint density at radius 2 is 1.90 bits per heavy atom. The number of fused-ring (bicyclic) bond motifs is 6. The van der Waals surface area contributed by atoms with Crippen molar-refractivity contribution in [1.29, 1.82) is 0 Å². The van der Waals surface area contributed by atoms with E-state index in [-0.39, 0.29) is 62.4 Å². The molecule has 18 heteroatoms. The van der Waals surface area contributed by atoms with Gasteiger partial charge in [0.05, 0.1) is 40.8 Å². The molecular weight excluding hydrogens is 887 g/mol. The highest BCUT2D eigenvalue weighted by molar-refractivity contribution is 7.10. The molecule has 17 nitrogen and oxygen atoms in total. The number of hydrogen-bond acceptors (Lipinski definition) is 12. The van der Waals surface area contributed by atoms with Gasteiger partial charge in [-0.3, -0.25) is 24.4 Å². The molecule has 2 saturated heterocycles. The summed E-state index contributed by atoms with van der Waals surface area (Å²) in [6.07, 6.45) is 5.76. The summed E-state index contributed by atoms with van der Waals surface area (Å²) >= 11 is 1.35. The second-order valence-electron chi connectivity index (χ2n) is 19.1. The number of hydrazine groups is 1. The Labute approximate surface area is 403 Å². The number of aromatic nitrogens is 2. The molecular formula is C50H69N9O8S. The Morgan fingerprint density at radius 1 is 1.16 bits per heavy atom. The fourth-order valence-electron chi connectivity index (χ4n) is 9.47. The van der Waals surface area contributed by atoms with Gasteiger partial charge in [-0.2, -0.15) is 5.43 Å². The lowest BCUT2D eigenvalue weighted by Gasteiger charge is -2.45. The van der Waals surface area contributed by atoms with Gasteiger partial charge in [-0.05, 0) is 69.7 Å². The van der Waals surface area contributed by atoms with E-state index in [0.29, 0.717) is 48.9 Å². The van der Waals surface area contributed by atoms with Crippen LogP contribution in [-0.4, -0.2) is 148 Å². The van der Waals surface area contributed by atoms with Gasteiger partial charge in [0.15, 0.2) is 0 Å². The Balaban J connectivity index is 1.42. The summed E-state index contributed by atoms with van der Waals surface area (Å²) in [6, 6.07) is 3.37. The lowest BCUT2D eigenvalue weighted by Crippen LogP contribution is -2.67. The first-order valence-corrected chi connectivity index (χ1v) is 24.3. The number of thiazole rings is 1. The van der Waals surface area contributed by atoms with Crippen molar-refractivity contribution in [1.82, 2.24) is 40.0 Å². The first-order chi connectivity index (χ1) is 32.2. The quantitative estimate of drug-likeness (QED) is 0.0845. The monoisotopic (exact) mass is 955 g/mol. The van der Waals surface area contributed by atoms with Gasteiger partial charge in [-0.25, -0.2) is 14.6 Å². The highest BCUT2D eigenvalue weighted by Crippen LogP contribution is 2.40. The topological polar surface area (TPSA) is 191 Å². The highest BCUT2D eigenvalue weighted by atomic mass is 32.1. The summed E-state index contributed by atoms with van der Waals surface area (Å²) in [4.78, 5) is 83.7. The molecule has 6 bridgehead atoms. The van der Waals surface area contributed by atoms with Crippen LogP contribution in [-0.2, 0) is 48.0 Å². The number of likely N-dealkylation sites (tertiary alicyclic amines) is 1. The van der Waals surface area contributed by atoms with E-state index in [2.05, 4.69) is 47.5 Å². The molecule has 0 saturated carbocycles. The van der Waals surface area contributed by atoms with Gasteiger partial charge in [0.25, 0.3) is 5.91 Å². The van der Waals surface area contributed by atoms with Crippen LogP contribution in [0.5, 0.6) is 0 Å². The standard InChI is InChI=1S/C50H69N9O8S/c1-13-34(42(51-15-3)31(7)66-12)44-36-26-49(8,9)29-67-47(63)50(65)21-17-22-59(54-50)46(62)37(25-40-52-38(28-68-40)32-18-19-39(35(36)24-32)57(44)16-4)53-45(61)43(30(5)6)56(11)48(64)58-23-20-33(58)27-55(10)41(60)14-2/h13-15,18-19,24,28,30-31,33,37,43,54,65H,1-2,16-17,20-23,25-27,29H2,3-12H3,(H,53,61)/b42-34+,51-15-/t31-,33-,37-,43-,50-/m0/s1. The van der Waals surface area contributed by atoms with E-state index >= 15 is 0 Å². The zero-order chi connectivity index (χ0) is 49.8. The molecule has 3 N–H and O–H groups in total. The maximum absolute atomic E-state index is 14.7. The highest BCUT2D eigenvalue weighted by Gasteiger charge is 2.46. The summed E-state index contributed by atoms with van der Waals surface area (Å²) in [5.41, 5.74) is 5.76. The van der Waals surface area contributed by atoms with Crippen LogP contribution in [0.4, 0.5) is 4.79 Å². The van der Waals surface area contributed by atoms with Crippen LogP contribution < -0.4 is 10.7 Å². The van der Waals surface area contributed by atoms with Crippen LogP contribution in [0.2, 0.25) is 0 Å². The third-order valence-corrected chi connectivity index (χ3v) is 14.1. The van der Waals surface area contributed by atoms with Crippen LogP contribution in [0.3, 0.4) is 0 Å². The minimum Gasteiger partial charge on any atom is -0.462 e. The number of allylic oxidation sites excluding steroid dienone is 2. The maximum Gasteiger partial charge on any atom is 0.355 e. The summed E-state index contributed by atoms with van der Waals surface area (Å²) in [7, 11) is 4.85. The number of nitrogens with one attached hydrogen (secondary N) is 2. The van der Waals surface area contributed by atoms with E-state index in [4.69, 9.17) is 19.5 Å². The number of cyclic esters (lactones) is 1. The van der Waals surface area contributed by atoms with Crippen molar-refractivity contribution in [3.05, 3.63) is 70.9 Å². The number of rotatable bonds is 13. The molecule has 68 heavy (non-hydrogen) atoms. The Morgan fingerprint density at radius 3 is 2.51 bits per heavy atom. The zero-order valence-corrected chi connectivity index (χ0v) is 42.1. The van der Waals surface area contributed by atoms with E-state index in [1.54, 1.807) is 32.3 Å². The number of aliphatic hydroxyl groups is 1. The molecule has 0 unspecified atom stereocenters. The van der Waals surface area contributed by atoms with Crippen molar-refractivity contribution in [3.8, 4) is 11.3 Å². The Hall–Kier alpha value is -5.69. The zero-order valence-electron chi connectivity index (χ0n) is 41.3. The fraction of sp³-hybridized carbons (Fsp3) is 0.540. The molecule has 0 spiro atoms. The molecule has 3 aliphatic heterocycles. The van der Waals surface area contributed by atoms with E-state index in [9.17, 15) is 29.1 Å². The van der Waals surface area contributed by atoms with Gasteiger partial charge >= 0.3 is 12.0 Å². The number of carbonyl (C=O) groups excluding carboxylic acids is 5. The van der Waals surface area contributed by atoms with E-state index in [1.165, 1.54) is 32.2 Å². The smallest absolute Gasteiger partial charge is 0.355 e. The minimum absolute atomic E-state index is 0.0247. The van der Waals surface area contributed by atoms with E-state index in [1.807, 2.05) is 59.1 Å². The molecule has 2 fully saturated rings. The molecule has 368 valence electrons. The first-order valence-electron chi connectivity index (χ1n) is 23.4. The average molecular weight is 956 g/mol. The van der Waals surface area contributed by atoms with Crippen molar-refractivity contribution in [2.45, 2.75) is 117 Å². The molecule has 5 heterocycles. The van der Waals surface area contributed by atoms with Crippen LogP contribution in [0.15, 0.2) is 59.6 Å². The number of aliphatic imine (C=N–C) groups is 1. The predicted molar refractivity (Wildman–Crippen MR) is 264 cm³/mol. The number of likely N-dealkylation sites (N-methyl/N-ethyl adjacent to an activating group) is 2. The molecule has 2 aromatic heterocycles. The number of carbonyl (C=O) groups is 5. The van der Waals surface area contributed by atoms with Crippen molar-refractivity contribution in [3.63, 3.8) is 0 Å². The lowest BCUT2D eigenvalue weighted by molar-refractivity contribution is -0.189. The number of benzene rings is 1. The Bertz CT molecular complexity index is 2490. The second-order valence-corrected chi connectivity index (χ2v) is 20.0. The van der Waals surface area contributed by atoms with E-state index < -0.39 is 41.0 Å². The number of urea groups is 1. The minimum atomic E-state index is -2.25. The van der Waals surface area contributed by atoms with Gasteiger partial charge in [-0.15, -0.1) is 11.3 Å². The lowest BCUT2D eigenvalue weighted by atomic mass is 9.84. The molecule has 0 aliphatic carbocycles. The number of methoxy groups -OCH3 is 1. The predicted octanol–water partition coefficient (Wildman–Crippen LogP) is 5.57. The summed E-state index contributed by atoms with van der Waals surface area (Å²) in [6.45, 7) is 22.8. The third-order valence-electron chi connectivity index (χ3n) is 13.2. The van der Waals surface area contributed by atoms with Crippen molar-refractivity contribution >= 4 is 63.7 Å². The number of hydrogen-bond donors (Lipinski definition) is 3. The number of ether oxygens (including phenoxy) is 2. The van der Waals surface area contributed by atoms with Crippen LogP contribution in [0.1, 0.15) is 84.0 Å². The third kappa shape index (κ3) is 10.6. The number of esters is 1. The number of nitrogens with zero attached hydrogens (tertiary/aromatic N) is 7. The van der Waals surface area contributed by atoms with Gasteiger partial charge < -0.3 is 39.2 Å². The normalized spacial score (nSPS) is 22.2. The first kappa shape index (κ1) is 51.7. The SMILES string of the molecule is C=CC(=O)N(C)C[C@@H]1CCN1C(=O)N(C)[C@H](C(=O)N[C@H]1Cc2nc(cs2)-c2ccc3c(c2)c(c(/C(C=C)=C(/N=C\C)[C@H](C)OC)n3CC)CC(C)(C)COC(=O)[C@@]2(O)CCCN(N2)C1=O)C(C)C. The fourth-order valence-corrected chi connectivity index (χ4v) is 10.3. The largest absolute Gasteiger partial charge is 0.462 e. The van der Waals surface area contributed by atoms with Crippen LogP contribution in [0, 0.1) is 11.3 Å². The number of amides is 5. The van der Waals surface area contributed by atoms with Crippen molar-refractivity contribution < 1.29 is 38.6 Å². The number of aryl methyl sites for hydroxylation is 1. The molecule has 5 atom stereocenters. The summed E-state index contributed by atoms with van der Waals surface area (Å²) in [5.74, 6) is -2.72. The maximum atomic E-state index is 14.7. The van der Waals surface area contributed by atoms with Gasteiger partial charge in [0.1, 0.15) is 12.1 Å². The van der Waals surface area contributed by atoms with Crippen LogP contribution >= 0.6 is 11.3 Å². The van der Waals surface area contributed by atoms with Crippen molar-refractivity contribution in [2.75, 3.05) is 47.4 Å². The van der Waals surface area contributed by atoms with Gasteiger partial charge in [0.2, 0.25) is 17.5 Å². The molecule has 1 aromatic carbocycles. The van der Waals surface area contributed by atoms with E-state index in [0.717, 1.165) is 33.3 Å². The molecule has 3 aromatic rings. The summed E-state index contributed by atoms with van der Waals surface area (Å²) in [5, 5.41) is 19.4. The van der Waals surface area contributed by atoms with Crippen molar-refractivity contribution in [2.24, 2.45) is 16.3 Å². The molecule has 0 radical (unpaired) electrons. The molecule has 6 rings (SSSR count). The molecule has 5 amide bonds. The average Bonchev–Trinajstić information content (AvgIpc) is 3.89. The second kappa shape index (κ2) is 21.3. The van der Waals surface area contributed by atoms with Crippen LogP contribution in [0.25, 0.3) is 27.7 Å². The van der Waals surface area contributed by atoms with Gasteiger partial charge in [-0.1, -0.05) is 53.0 Å². The summed E-state index contributed by atoms with van der Waals surface area (Å²) < 4.78 is 14.0. The molecule has 3 aliphatic rings.